The van der Waals surface area contributed by atoms with Crippen LogP contribution in [0.3, 0.4) is 0 Å². The number of anilines is 3. The number of nitrogens with zero attached hydrogens (tertiary/aromatic N) is 3. The van der Waals surface area contributed by atoms with Crippen LogP contribution in [0.25, 0.3) is 0 Å². The van der Waals surface area contributed by atoms with Gasteiger partial charge in [0.1, 0.15) is 17.3 Å². The second kappa shape index (κ2) is 7.90. The molecule has 0 fully saturated rings. The Balaban J connectivity index is 1.91. The number of aromatic nitrogens is 2. The van der Waals surface area contributed by atoms with Crippen LogP contribution < -0.4 is 10.2 Å². The van der Waals surface area contributed by atoms with Gasteiger partial charge in [0.05, 0.1) is 5.69 Å². The van der Waals surface area contributed by atoms with E-state index in [1.54, 1.807) is 17.9 Å². The van der Waals surface area contributed by atoms with Crippen LogP contribution >= 0.6 is 0 Å². The quantitative estimate of drug-likeness (QED) is 0.722. The Labute approximate surface area is 155 Å². The van der Waals surface area contributed by atoms with Gasteiger partial charge in [-0.3, -0.25) is 4.79 Å². The Morgan fingerprint density at radius 3 is 2.48 bits per heavy atom. The molecule has 1 amide bonds. The van der Waals surface area contributed by atoms with Crippen molar-refractivity contribution in [3.05, 3.63) is 77.6 Å². The second-order valence-electron chi connectivity index (χ2n) is 5.85. The minimum atomic E-state index is -0.771. The van der Waals surface area contributed by atoms with Crippen molar-refractivity contribution in [2.24, 2.45) is 0 Å². The number of carbonyl (C=O) groups is 1. The lowest BCUT2D eigenvalue weighted by molar-refractivity contribution is 0.0983. The largest absolute Gasteiger partial charge is 0.322 e. The number of benzene rings is 2. The molecule has 1 aromatic heterocycles. The first-order chi connectivity index (χ1) is 13.0. The average Bonchev–Trinajstić information content (AvgIpc) is 2.65. The monoisotopic (exact) mass is 368 g/mol. The summed E-state index contributed by atoms with van der Waals surface area (Å²) in [4.78, 5) is 22.9. The third-order valence-electron chi connectivity index (χ3n) is 3.88. The van der Waals surface area contributed by atoms with Gasteiger partial charge in [-0.2, -0.15) is 0 Å². The topological polar surface area (TPSA) is 58.1 Å². The van der Waals surface area contributed by atoms with Crippen LogP contribution in [0.5, 0.6) is 0 Å². The van der Waals surface area contributed by atoms with Crippen molar-refractivity contribution < 1.29 is 13.6 Å². The molecule has 1 heterocycles. The van der Waals surface area contributed by atoms with E-state index in [4.69, 9.17) is 0 Å². The second-order valence-corrected chi connectivity index (χ2v) is 5.85. The van der Waals surface area contributed by atoms with Gasteiger partial charge in [-0.05, 0) is 44.2 Å². The van der Waals surface area contributed by atoms with Gasteiger partial charge in [-0.1, -0.05) is 18.2 Å². The lowest BCUT2D eigenvalue weighted by Crippen LogP contribution is -2.31. The zero-order valence-electron chi connectivity index (χ0n) is 14.9. The van der Waals surface area contributed by atoms with E-state index in [2.05, 4.69) is 15.3 Å². The van der Waals surface area contributed by atoms with Gasteiger partial charge in [0.2, 0.25) is 5.95 Å². The van der Waals surface area contributed by atoms with Crippen LogP contribution in [0.2, 0.25) is 0 Å². The number of nitrogens with one attached hydrogen (secondary N) is 1. The lowest BCUT2D eigenvalue weighted by atomic mass is 10.2. The van der Waals surface area contributed by atoms with Crippen molar-refractivity contribution in [3.63, 3.8) is 0 Å². The molecular formula is C20H18F2N4O. The number of aryl methyl sites for hydroxylation is 1. The molecule has 0 unspecified atom stereocenters. The van der Waals surface area contributed by atoms with Crippen LogP contribution in [0, 0.1) is 18.6 Å². The van der Waals surface area contributed by atoms with E-state index in [0.29, 0.717) is 12.2 Å². The van der Waals surface area contributed by atoms with Crippen LogP contribution in [0.4, 0.5) is 26.1 Å². The van der Waals surface area contributed by atoms with E-state index in [-0.39, 0.29) is 23.2 Å². The van der Waals surface area contributed by atoms with Gasteiger partial charge in [0.15, 0.2) is 0 Å². The number of rotatable bonds is 5. The number of hydrogen-bond acceptors (Lipinski definition) is 4. The van der Waals surface area contributed by atoms with Gasteiger partial charge in [-0.25, -0.2) is 18.7 Å². The molecule has 0 saturated heterocycles. The highest BCUT2D eigenvalue weighted by Gasteiger charge is 2.19. The molecular weight excluding hydrogens is 350 g/mol. The van der Waals surface area contributed by atoms with E-state index < -0.39 is 11.6 Å². The third-order valence-corrected chi connectivity index (χ3v) is 3.88. The number of amides is 1. The van der Waals surface area contributed by atoms with Crippen LogP contribution in [-0.2, 0) is 0 Å². The summed E-state index contributed by atoms with van der Waals surface area (Å²) in [7, 11) is 0. The first kappa shape index (κ1) is 18.4. The highest BCUT2D eigenvalue weighted by Crippen LogP contribution is 2.20. The maximum absolute atomic E-state index is 13.9. The van der Waals surface area contributed by atoms with E-state index in [9.17, 15) is 13.6 Å². The first-order valence-electron chi connectivity index (χ1n) is 8.42. The summed E-state index contributed by atoms with van der Waals surface area (Å²) >= 11 is 0. The Bertz CT molecular complexity index is 963. The summed E-state index contributed by atoms with van der Waals surface area (Å²) in [6.45, 7) is 4.04. The number of halogens is 2. The normalized spacial score (nSPS) is 10.5. The summed E-state index contributed by atoms with van der Waals surface area (Å²) in [6, 6.07) is 13.9. The van der Waals surface area contributed by atoms with Crippen molar-refractivity contribution in [1.29, 1.82) is 0 Å². The standard InChI is InChI=1S/C20H18F2N4O/c1-3-26(15-7-5-4-6-8-15)19(27)18-11-13(2)23-20(25-18)24-17-10-9-14(21)12-16(17)22/h4-12H,3H2,1-2H3,(H,23,24,25). The van der Waals surface area contributed by atoms with E-state index >= 15 is 0 Å². The van der Waals surface area contributed by atoms with Gasteiger partial charge in [0.25, 0.3) is 5.91 Å². The zero-order chi connectivity index (χ0) is 19.4. The van der Waals surface area contributed by atoms with Gasteiger partial charge in [0, 0.05) is 24.0 Å². The van der Waals surface area contributed by atoms with E-state index in [1.165, 1.54) is 6.07 Å². The average molecular weight is 368 g/mol. The molecule has 3 rings (SSSR count). The third kappa shape index (κ3) is 4.25. The molecule has 3 aromatic rings. The molecule has 0 bridgehead atoms. The van der Waals surface area contributed by atoms with Crippen LogP contribution in [0.1, 0.15) is 23.1 Å². The summed E-state index contributed by atoms with van der Waals surface area (Å²) in [5, 5.41) is 2.70. The Hall–Kier alpha value is -3.35. The van der Waals surface area contributed by atoms with Crippen molar-refractivity contribution >= 4 is 23.2 Å². The molecule has 0 aliphatic rings. The molecule has 0 spiro atoms. The lowest BCUT2D eigenvalue weighted by Gasteiger charge is -2.21. The van der Waals surface area contributed by atoms with Crippen LogP contribution in [0.15, 0.2) is 54.6 Å². The predicted molar refractivity (Wildman–Crippen MR) is 100 cm³/mol. The Morgan fingerprint density at radius 1 is 1.07 bits per heavy atom. The van der Waals surface area contributed by atoms with Crippen molar-refractivity contribution in [3.8, 4) is 0 Å². The summed E-state index contributed by atoms with van der Waals surface area (Å²) in [6.07, 6.45) is 0. The first-order valence-corrected chi connectivity index (χ1v) is 8.42. The molecule has 0 saturated carbocycles. The van der Waals surface area contributed by atoms with Gasteiger partial charge in [-0.15, -0.1) is 0 Å². The van der Waals surface area contributed by atoms with E-state index in [0.717, 1.165) is 17.8 Å². The van der Waals surface area contributed by atoms with Crippen LogP contribution in [-0.4, -0.2) is 22.4 Å². The van der Waals surface area contributed by atoms with Crippen molar-refractivity contribution in [2.75, 3.05) is 16.8 Å². The predicted octanol–water partition coefficient (Wildman–Crippen LogP) is 4.47. The maximum atomic E-state index is 13.9. The molecule has 0 aliphatic carbocycles. The fraction of sp³-hybridized carbons (Fsp3) is 0.150. The fourth-order valence-corrected chi connectivity index (χ4v) is 2.63. The molecule has 0 radical (unpaired) electrons. The molecule has 5 nitrogen and oxygen atoms in total. The summed E-state index contributed by atoms with van der Waals surface area (Å²) < 4.78 is 26.9. The minimum absolute atomic E-state index is 0.0239. The fourth-order valence-electron chi connectivity index (χ4n) is 2.63. The molecule has 0 atom stereocenters. The molecule has 138 valence electrons. The number of hydrogen-bond donors (Lipinski definition) is 1. The minimum Gasteiger partial charge on any atom is -0.322 e. The molecule has 27 heavy (non-hydrogen) atoms. The highest BCUT2D eigenvalue weighted by atomic mass is 19.1. The Kier molecular flexibility index (Phi) is 5.40. The van der Waals surface area contributed by atoms with E-state index in [1.807, 2.05) is 37.3 Å². The maximum Gasteiger partial charge on any atom is 0.277 e. The van der Waals surface area contributed by atoms with Crippen molar-refractivity contribution in [2.45, 2.75) is 13.8 Å². The summed E-state index contributed by atoms with van der Waals surface area (Å²) in [5.41, 5.74) is 1.50. The molecule has 0 aliphatic heterocycles. The number of carbonyl (C=O) groups excluding carboxylic acids is 1. The van der Waals surface area contributed by atoms with Crippen molar-refractivity contribution in [1.82, 2.24) is 9.97 Å². The molecule has 2 aromatic carbocycles. The Morgan fingerprint density at radius 2 is 1.81 bits per heavy atom. The number of para-hydroxylation sites is 1. The molecule has 7 heteroatoms. The highest BCUT2D eigenvalue weighted by molar-refractivity contribution is 6.05. The molecule has 1 N–H and O–H groups in total. The van der Waals surface area contributed by atoms with Gasteiger partial charge < -0.3 is 10.2 Å². The summed E-state index contributed by atoms with van der Waals surface area (Å²) in [5.74, 6) is -1.68. The smallest absolute Gasteiger partial charge is 0.277 e. The van der Waals surface area contributed by atoms with Gasteiger partial charge >= 0.3 is 0 Å². The zero-order valence-corrected chi connectivity index (χ0v) is 14.9. The SMILES string of the molecule is CCN(C(=O)c1cc(C)nc(Nc2ccc(F)cc2F)n1)c1ccccc1.